The van der Waals surface area contributed by atoms with Crippen LogP contribution in [0.1, 0.15) is 22.6 Å². The summed E-state index contributed by atoms with van der Waals surface area (Å²) in [6, 6.07) is 18.8. The van der Waals surface area contributed by atoms with E-state index < -0.39 is 66.5 Å². The van der Waals surface area contributed by atoms with Crippen LogP contribution in [0, 0.1) is 5.92 Å². The van der Waals surface area contributed by atoms with Gasteiger partial charge in [0.15, 0.2) is 11.2 Å². The van der Waals surface area contributed by atoms with Gasteiger partial charge in [-0.05, 0) is 23.3 Å². The summed E-state index contributed by atoms with van der Waals surface area (Å²) >= 11 is 0. The summed E-state index contributed by atoms with van der Waals surface area (Å²) in [5.41, 5.74) is -2.88. The van der Waals surface area contributed by atoms with Crippen molar-refractivity contribution < 1.29 is 63.1 Å². The molecule has 0 spiro atoms. The van der Waals surface area contributed by atoms with Crippen LogP contribution in [0.4, 0.5) is 0 Å². The number of hydrogen-bond donors (Lipinski definition) is 4. The van der Waals surface area contributed by atoms with Gasteiger partial charge in [0.2, 0.25) is 6.29 Å². The lowest BCUT2D eigenvalue weighted by atomic mass is 9.70. The number of fused-ring (bicyclic) bond motifs is 3. The van der Waals surface area contributed by atoms with Crippen LogP contribution in [0.5, 0.6) is 23.0 Å². The van der Waals surface area contributed by atoms with Crippen molar-refractivity contribution in [3.05, 3.63) is 83.4 Å². The van der Waals surface area contributed by atoms with E-state index in [1.807, 2.05) is 6.07 Å². The summed E-state index contributed by atoms with van der Waals surface area (Å²) in [4.78, 5) is 13.5. The quantitative estimate of drug-likeness (QED) is 0.233. The summed E-state index contributed by atoms with van der Waals surface area (Å²) in [5, 5.41) is 44.7. The molecule has 3 aliphatic rings. The first-order valence-corrected chi connectivity index (χ1v) is 15.0. The Bertz CT molecular complexity index is 1570. The Labute approximate surface area is 271 Å². The van der Waals surface area contributed by atoms with Crippen LogP contribution >= 0.6 is 0 Å². The molecule has 1 saturated carbocycles. The number of ether oxygens (including phenoxy) is 8. The summed E-state index contributed by atoms with van der Waals surface area (Å²) in [7, 11) is 5.54. The molecular formula is C34H38O13. The molecule has 3 unspecified atom stereocenters. The molecule has 6 rings (SSSR count). The highest BCUT2D eigenvalue weighted by molar-refractivity contribution is 5.78. The highest BCUT2D eigenvalue weighted by atomic mass is 16.8. The Balaban J connectivity index is 1.52. The molecule has 1 aliphatic carbocycles. The fourth-order valence-corrected chi connectivity index (χ4v) is 7.11. The molecule has 47 heavy (non-hydrogen) atoms. The van der Waals surface area contributed by atoms with E-state index in [1.165, 1.54) is 40.6 Å². The number of rotatable bonds is 10. The van der Waals surface area contributed by atoms with Crippen molar-refractivity contribution in [3.8, 4) is 23.0 Å². The first-order chi connectivity index (χ1) is 22.7. The van der Waals surface area contributed by atoms with Crippen LogP contribution in [0.15, 0.2) is 66.7 Å². The van der Waals surface area contributed by atoms with E-state index >= 15 is 0 Å². The number of hydrogen-bond acceptors (Lipinski definition) is 13. The van der Waals surface area contributed by atoms with Gasteiger partial charge in [0.25, 0.3) is 6.29 Å². The zero-order valence-corrected chi connectivity index (χ0v) is 26.3. The molecule has 0 amide bonds. The van der Waals surface area contributed by atoms with Gasteiger partial charge in [0.05, 0.1) is 46.0 Å². The maximum atomic E-state index is 13.5. The fourth-order valence-electron chi connectivity index (χ4n) is 7.11. The lowest BCUT2D eigenvalue weighted by Crippen LogP contribution is -2.52. The second-order valence-corrected chi connectivity index (χ2v) is 11.6. The van der Waals surface area contributed by atoms with Crippen LogP contribution in [-0.4, -0.2) is 98.9 Å². The summed E-state index contributed by atoms with van der Waals surface area (Å²) < 4.78 is 46.2. The monoisotopic (exact) mass is 654 g/mol. The first-order valence-electron chi connectivity index (χ1n) is 15.0. The molecule has 2 heterocycles. The molecule has 13 nitrogen and oxygen atoms in total. The summed E-state index contributed by atoms with van der Waals surface area (Å²) in [6.45, 7) is -0.601. The molecule has 13 heteroatoms. The maximum Gasteiger partial charge on any atom is 0.312 e. The number of aliphatic hydroxyl groups excluding tert-OH is 3. The van der Waals surface area contributed by atoms with Crippen molar-refractivity contribution in [2.24, 2.45) is 5.92 Å². The van der Waals surface area contributed by atoms with Gasteiger partial charge in [-0.3, -0.25) is 4.79 Å². The van der Waals surface area contributed by atoms with Crippen molar-refractivity contribution in [3.63, 3.8) is 0 Å². The van der Waals surface area contributed by atoms with Crippen molar-refractivity contribution >= 4 is 5.97 Å². The zero-order chi connectivity index (χ0) is 33.5. The van der Waals surface area contributed by atoms with Crippen molar-refractivity contribution in [1.82, 2.24) is 0 Å². The van der Waals surface area contributed by atoms with E-state index in [4.69, 9.17) is 37.9 Å². The molecule has 4 N–H and O–H groups in total. The third-order valence-corrected chi connectivity index (χ3v) is 9.25. The number of carbonyl (C=O) groups excluding carboxylic acids is 1. The van der Waals surface area contributed by atoms with Gasteiger partial charge in [-0.1, -0.05) is 42.5 Å². The highest BCUT2D eigenvalue weighted by Gasteiger charge is 2.78. The van der Waals surface area contributed by atoms with Crippen LogP contribution in [0.3, 0.4) is 0 Å². The largest absolute Gasteiger partial charge is 0.497 e. The van der Waals surface area contributed by atoms with E-state index in [2.05, 4.69) is 0 Å². The Kier molecular flexibility index (Phi) is 9.06. The summed E-state index contributed by atoms with van der Waals surface area (Å²) in [6.07, 6.45) is -6.03. The van der Waals surface area contributed by atoms with E-state index in [0.29, 0.717) is 16.9 Å². The third-order valence-electron chi connectivity index (χ3n) is 9.25. The van der Waals surface area contributed by atoms with E-state index in [-0.39, 0.29) is 29.4 Å². The Morgan fingerprint density at radius 1 is 0.979 bits per heavy atom. The van der Waals surface area contributed by atoms with Crippen LogP contribution in [-0.2, 0) is 34.9 Å². The SMILES string of the molecule is COC(=O)C1C(O)[C@@]2(O)c3c(OC)cc(O[C@@H]4O[C@@H]([C@H](O)CO)CO[C@H]4OC)cc3O[C@@]2(c2ccc(OC)cc2)C1c1ccccc1. The Morgan fingerprint density at radius 2 is 1.70 bits per heavy atom. The van der Waals surface area contributed by atoms with E-state index in [9.17, 15) is 25.2 Å². The topological polar surface area (TPSA) is 172 Å². The average Bonchev–Trinajstić information content (AvgIpc) is 3.49. The predicted molar refractivity (Wildman–Crippen MR) is 162 cm³/mol. The minimum absolute atomic E-state index is 0.0474. The highest BCUT2D eigenvalue weighted by Crippen LogP contribution is 2.70. The van der Waals surface area contributed by atoms with Gasteiger partial charge < -0.3 is 58.3 Å². The molecule has 0 bridgehead atoms. The summed E-state index contributed by atoms with van der Waals surface area (Å²) in [5.74, 6) is -2.05. The van der Waals surface area contributed by atoms with Gasteiger partial charge in [0.1, 0.15) is 41.3 Å². The molecule has 3 aromatic rings. The maximum absolute atomic E-state index is 13.5. The lowest BCUT2D eigenvalue weighted by molar-refractivity contribution is -0.324. The van der Waals surface area contributed by atoms with Gasteiger partial charge in [-0.15, -0.1) is 0 Å². The predicted octanol–water partition coefficient (Wildman–Crippen LogP) is 1.57. The standard InChI is InChI=1S/C34H38O13/c1-40-20-12-10-19(11-13-20)34-27(18-8-6-5-7-9-18)26(30(38)42-3)29(37)33(34,39)28-23(41-2)14-21(15-24(28)47-34)45-32-31(43-4)44-17-25(46-32)22(36)16-35/h5-15,22,25-27,29,31-32,35-37,39H,16-17H2,1-4H3/t22-,25-,26?,27?,29?,31-,32-,33+,34+/m1/s1. The van der Waals surface area contributed by atoms with Crippen molar-refractivity contribution in [2.45, 2.75) is 48.0 Å². The number of aliphatic hydroxyl groups is 4. The van der Waals surface area contributed by atoms with Gasteiger partial charge in [-0.25, -0.2) is 0 Å². The number of methoxy groups -OCH3 is 4. The second kappa shape index (κ2) is 12.9. The second-order valence-electron chi connectivity index (χ2n) is 11.6. The zero-order valence-electron chi connectivity index (χ0n) is 26.3. The molecule has 252 valence electrons. The number of esters is 1. The number of benzene rings is 3. The molecule has 3 aromatic carbocycles. The van der Waals surface area contributed by atoms with Gasteiger partial charge in [0, 0.05) is 25.2 Å². The van der Waals surface area contributed by atoms with Crippen LogP contribution in [0.2, 0.25) is 0 Å². The van der Waals surface area contributed by atoms with Gasteiger partial charge in [-0.2, -0.15) is 0 Å². The Hall–Kier alpha value is -3.95. The fraction of sp³-hybridized carbons (Fsp3) is 0.441. The van der Waals surface area contributed by atoms with Crippen LogP contribution < -0.4 is 18.9 Å². The molecule has 9 atom stereocenters. The average molecular weight is 655 g/mol. The van der Waals surface area contributed by atoms with E-state index in [1.54, 1.807) is 48.5 Å². The minimum atomic E-state index is -2.25. The molecule has 0 radical (unpaired) electrons. The molecule has 2 fully saturated rings. The molecule has 1 saturated heterocycles. The minimum Gasteiger partial charge on any atom is -0.497 e. The van der Waals surface area contributed by atoms with Crippen molar-refractivity contribution in [1.29, 1.82) is 0 Å². The smallest absolute Gasteiger partial charge is 0.312 e. The van der Waals surface area contributed by atoms with Gasteiger partial charge >= 0.3 is 5.97 Å². The third kappa shape index (κ3) is 5.10. The molecule has 2 aliphatic heterocycles. The number of carbonyl (C=O) groups is 1. The van der Waals surface area contributed by atoms with Crippen molar-refractivity contribution in [2.75, 3.05) is 41.7 Å². The normalized spacial score (nSPS) is 31.7. The molecule has 0 aromatic heterocycles. The molecular weight excluding hydrogens is 616 g/mol. The van der Waals surface area contributed by atoms with Crippen LogP contribution in [0.25, 0.3) is 0 Å². The lowest BCUT2D eigenvalue weighted by Gasteiger charge is -2.40. The van der Waals surface area contributed by atoms with E-state index in [0.717, 1.165) is 0 Å². The first kappa shape index (κ1) is 33.0. The Morgan fingerprint density at radius 3 is 2.32 bits per heavy atom.